The summed E-state index contributed by atoms with van der Waals surface area (Å²) in [6.45, 7) is 5.13. The van der Waals surface area contributed by atoms with Gasteiger partial charge in [0, 0.05) is 29.2 Å². The maximum Gasteiger partial charge on any atom is 0.390 e. The minimum absolute atomic E-state index is 0.129. The summed E-state index contributed by atoms with van der Waals surface area (Å²) in [6, 6.07) is 11.1. The van der Waals surface area contributed by atoms with Gasteiger partial charge in [-0.3, -0.25) is 10.2 Å². The topological polar surface area (TPSA) is 93.5 Å². The number of amides is 1. The van der Waals surface area contributed by atoms with Gasteiger partial charge in [0.2, 0.25) is 0 Å². The highest BCUT2D eigenvalue weighted by molar-refractivity contribution is 7.87. The molecular formula is C26H28ClF3N4O4S. The summed E-state index contributed by atoms with van der Waals surface area (Å²) in [5, 5.41) is 7.06. The first-order chi connectivity index (χ1) is 18.3. The number of aromatic nitrogens is 2. The molecule has 4 rings (SSSR count). The summed E-state index contributed by atoms with van der Waals surface area (Å²) in [5.74, 6) is -1.66. The van der Waals surface area contributed by atoms with Gasteiger partial charge in [-0.15, -0.1) is 0 Å². The summed E-state index contributed by atoms with van der Waals surface area (Å²) >= 11 is 6.15. The number of hydrogen-bond acceptors (Lipinski definition) is 6. The number of aryl methyl sites for hydroxylation is 1. The van der Waals surface area contributed by atoms with E-state index >= 15 is 0 Å². The van der Waals surface area contributed by atoms with Crippen LogP contribution >= 0.6 is 11.6 Å². The van der Waals surface area contributed by atoms with E-state index in [-0.39, 0.29) is 17.4 Å². The molecule has 0 unspecified atom stereocenters. The van der Waals surface area contributed by atoms with Gasteiger partial charge >= 0.3 is 16.3 Å². The van der Waals surface area contributed by atoms with Gasteiger partial charge in [-0.05, 0) is 74.7 Å². The largest absolute Gasteiger partial charge is 0.390 e. The molecule has 2 aromatic carbocycles. The number of nitrogens with zero attached hydrogens (tertiary/aromatic N) is 3. The van der Waals surface area contributed by atoms with Crippen LogP contribution in [0.25, 0.3) is 16.9 Å². The Balaban J connectivity index is 1.68. The molecule has 8 nitrogen and oxygen atoms in total. The van der Waals surface area contributed by atoms with Crippen LogP contribution in [-0.4, -0.2) is 54.1 Å². The average molecular weight is 585 g/mol. The fraction of sp³-hybridized carbons (Fsp3) is 0.385. The molecule has 3 aromatic rings. The average Bonchev–Trinajstić information content (AvgIpc) is 3.20. The van der Waals surface area contributed by atoms with Gasteiger partial charge in [0.25, 0.3) is 5.91 Å². The fourth-order valence-electron chi connectivity index (χ4n) is 4.38. The highest BCUT2D eigenvalue weighted by atomic mass is 35.5. The molecule has 1 saturated heterocycles. The van der Waals surface area contributed by atoms with Crippen LogP contribution in [0.1, 0.15) is 47.3 Å². The number of carbonyl (C=O) groups excluding carboxylic acids is 1. The molecule has 0 saturated carbocycles. The van der Waals surface area contributed by atoms with Crippen molar-refractivity contribution in [3.8, 4) is 22.7 Å². The van der Waals surface area contributed by atoms with Crippen LogP contribution in [0.4, 0.5) is 13.2 Å². The molecule has 13 heteroatoms. The second kappa shape index (κ2) is 11.6. The summed E-state index contributed by atoms with van der Waals surface area (Å²) in [6.07, 6.45) is -3.03. The van der Waals surface area contributed by atoms with Crippen LogP contribution in [0, 0.1) is 13.8 Å². The van der Waals surface area contributed by atoms with Gasteiger partial charge in [0.05, 0.1) is 23.6 Å². The summed E-state index contributed by atoms with van der Waals surface area (Å²) in [5.41, 5.74) is 6.41. The number of halogens is 4. The second-order valence-corrected chi connectivity index (χ2v) is 11.5. The SMILES string of the molecule is Cc1cc(Cl)ccc1-n1nc(C(=O)NN2CCCCC2)c(C)c1-c1ccc(OS(=O)(=O)CCC(F)(F)F)cc1. The monoisotopic (exact) mass is 584 g/mol. The third kappa shape index (κ3) is 7.31. The number of nitrogens with one attached hydrogen (secondary N) is 1. The highest BCUT2D eigenvalue weighted by Gasteiger charge is 2.31. The number of piperidine rings is 1. The van der Waals surface area contributed by atoms with Gasteiger partial charge < -0.3 is 4.18 Å². The molecule has 1 amide bonds. The van der Waals surface area contributed by atoms with Crippen molar-refractivity contribution < 1.29 is 30.6 Å². The van der Waals surface area contributed by atoms with E-state index in [0.717, 1.165) is 37.9 Å². The zero-order valence-electron chi connectivity index (χ0n) is 21.4. The molecule has 0 bridgehead atoms. The number of rotatable bonds is 8. The maximum absolute atomic E-state index is 13.2. The Morgan fingerprint density at radius 3 is 2.36 bits per heavy atom. The summed E-state index contributed by atoms with van der Waals surface area (Å²) in [4.78, 5) is 13.2. The predicted molar refractivity (Wildman–Crippen MR) is 141 cm³/mol. The molecule has 1 N–H and O–H groups in total. The Morgan fingerprint density at radius 2 is 1.74 bits per heavy atom. The molecular weight excluding hydrogens is 557 g/mol. The van der Waals surface area contributed by atoms with Crippen molar-refractivity contribution in [1.29, 1.82) is 0 Å². The molecule has 39 heavy (non-hydrogen) atoms. The van der Waals surface area contributed by atoms with Crippen LogP contribution in [0.2, 0.25) is 5.02 Å². The van der Waals surface area contributed by atoms with Crippen molar-refractivity contribution in [2.45, 2.75) is 45.7 Å². The van der Waals surface area contributed by atoms with Crippen molar-refractivity contribution in [2.24, 2.45) is 0 Å². The molecule has 0 aliphatic carbocycles. The smallest absolute Gasteiger partial charge is 0.382 e. The molecule has 0 atom stereocenters. The Hall–Kier alpha value is -3.09. The zero-order valence-corrected chi connectivity index (χ0v) is 23.0. The lowest BCUT2D eigenvalue weighted by molar-refractivity contribution is -0.130. The normalized spacial score (nSPS) is 14.8. The minimum atomic E-state index is -4.62. The van der Waals surface area contributed by atoms with Crippen molar-refractivity contribution in [3.63, 3.8) is 0 Å². The quantitative estimate of drug-likeness (QED) is 0.346. The molecule has 210 valence electrons. The van der Waals surface area contributed by atoms with E-state index in [2.05, 4.69) is 10.5 Å². The van der Waals surface area contributed by atoms with Gasteiger partial charge in [-0.25, -0.2) is 9.69 Å². The molecule has 0 radical (unpaired) electrons. The van der Waals surface area contributed by atoms with E-state index in [4.69, 9.17) is 15.8 Å². The minimum Gasteiger partial charge on any atom is -0.382 e. The van der Waals surface area contributed by atoms with Crippen molar-refractivity contribution in [2.75, 3.05) is 18.8 Å². The van der Waals surface area contributed by atoms with Gasteiger partial charge in [-0.2, -0.15) is 26.7 Å². The first-order valence-corrected chi connectivity index (χ1v) is 14.3. The van der Waals surface area contributed by atoms with Crippen molar-refractivity contribution >= 4 is 27.6 Å². The number of alkyl halides is 3. The lowest BCUT2D eigenvalue weighted by Crippen LogP contribution is -2.45. The summed E-state index contributed by atoms with van der Waals surface area (Å²) in [7, 11) is -4.44. The van der Waals surface area contributed by atoms with Crippen LogP contribution in [-0.2, 0) is 10.1 Å². The Kier molecular flexibility index (Phi) is 8.57. The van der Waals surface area contributed by atoms with Crippen LogP contribution in [0.15, 0.2) is 42.5 Å². The van der Waals surface area contributed by atoms with Crippen LogP contribution in [0.3, 0.4) is 0 Å². The molecule has 1 fully saturated rings. The van der Waals surface area contributed by atoms with E-state index in [1.807, 2.05) is 11.9 Å². The van der Waals surface area contributed by atoms with Gasteiger partial charge in [-0.1, -0.05) is 18.0 Å². The number of hydrazine groups is 1. The Morgan fingerprint density at radius 1 is 1.08 bits per heavy atom. The first-order valence-electron chi connectivity index (χ1n) is 12.3. The second-order valence-electron chi connectivity index (χ2n) is 9.39. The Labute approximate surface area is 229 Å². The van der Waals surface area contributed by atoms with E-state index in [1.54, 1.807) is 41.9 Å². The van der Waals surface area contributed by atoms with E-state index in [9.17, 15) is 26.4 Å². The van der Waals surface area contributed by atoms with Gasteiger partial charge in [0.15, 0.2) is 5.69 Å². The third-order valence-corrected chi connectivity index (χ3v) is 7.71. The zero-order chi connectivity index (χ0) is 28.4. The molecule has 0 spiro atoms. The van der Waals surface area contributed by atoms with E-state index in [0.29, 0.717) is 27.5 Å². The number of carbonyl (C=O) groups is 1. The van der Waals surface area contributed by atoms with Crippen LogP contribution < -0.4 is 9.61 Å². The fourth-order valence-corrected chi connectivity index (χ4v) is 5.58. The third-order valence-electron chi connectivity index (χ3n) is 6.33. The first kappa shape index (κ1) is 28.9. The van der Waals surface area contributed by atoms with E-state index < -0.39 is 28.5 Å². The standard InChI is InChI=1S/C26H28ClF3N4O4S/c1-17-16-20(27)8-11-22(17)34-24(18(2)23(31-34)25(35)32-33-13-4-3-5-14-33)19-6-9-21(10-7-19)38-39(36,37)15-12-26(28,29)30/h6-11,16H,3-5,12-15H2,1-2H3,(H,32,35). The lowest BCUT2D eigenvalue weighted by Gasteiger charge is -2.26. The molecule has 1 aliphatic heterocycles. The maximum atomic E-state index is 13.2. The van der Waals surface area contributed by atoms with Crippen molar-refractivity contribution in [1.82, 2.24) is 20.2 Å². The predicted octanol–water partition coefficient (Wildman–Crippen LogP) is 5.60. The molecule has 2 heterocycles. The molecule has 1 aromatic heterocycles. The summed E-state index contributed by atoms with van der Waals surface area (Å²) < 4.78 is 67.9. The number of benzene rings is 2. The van der Waals surface area contributed by atoms with Crippen molar-refractivity contribution in [3.05, 3.63) is 64.3 Å². The lowest BCUT2D eigenvalue weighted by atomic mass is 10.1. The van der Waals surface area contributed by atoms with Crippen LogP contribution in [0.5, 0.6) is 5.75 Å². The van der Waals surface area contributed by atoms with E-state index in [1.165, 1.54) is 12.1 Å². The highest BCUT2D eigenvalue weighted by Crippen LogP contribution is 2.32. The van der Waals surface area contributed by atoms with Gasteiger partial charge in [0.1, 0.15) is 5.75 Å². The Bertz CT molecular complexity index is 1450. The molecule has 1 aliphatic rings. The number of hydrogen-bond donors (Lipinski definition) is 1.